The molecule has 0 unspecified atom stereocenters. The van der Waals surface area contributed by atoms with Crippen molar-refractivity contribution in [1.29, 1.82) is 0 Å². The maximum atomic E-state index is 13.7. The third-order valence-corrected chi connectivity index (χ3v) is 6.05. The molecule has 3 heterocycles. The standard InChI is InChI=1S/C21H21FN6O3/c1-31-19(29)13-4-2-12(3-5-13)10-27-18-16(25-21(27)30)9-23-20(26-18)28-11-24-15-7-6-14(22)8-17(15)28/h6-9,11-13H,2-5,10H2,1H3,(H,25,30). The molecule has 0 aliphatic heterocycles. The first-order chi connectivity index (χ1) is 15.0. The fraction of sp³-hybridized carbons (Fsp3) is 0.381. The van der Waals surface area contributed by atoms with Gasteiger partial charge in [0, 0.05) is 12.6 Å². The van der Waals surface area contributed by atoms with Crippen molar-refractivity contribution in [1.82, 2.24) is 29.1 Å². The zero-order valence-corrected chi connectivity index (χ0v) is 16.9. The van der Waals surface area contributed by atoms with Crippen LogP contribution in [-0.2, 0) is 16.1 Å². The lowest BCUT2D eigenvalue weighted by Gasteiger charge is -2.26. The summed E-state index contributed by atoms with van der Waals surface area (Å²) in [4.78, 5) is 40.3. The third kappa shape index (κ3) is 3.47. The van der Waals surface area contributed by atoms with Crippen LogP contribution in [0, 0.1) is 17.7 Å². The van der Waals surface area contributed by atoms with Crippen molar-refractivity contribution in [2.24, 2.45) is 11.8 Å². The second-order valence-electron chi connectivity index (χ2n) is 7.94. The Morgan fingerprint density at radius 1 is 1.26 bits per heavy atom. The first-order valence-corrected chi connectivity index (χ1v) is 10.2. The van der Waals surface area contributed by atoms with E-state index < -0.39 is 0 Å². The number of aromatic nitrogens is 6. The van der Waals surface area contributed by atoms with Gasteiger partial charge in [-0.25, -0.2) is 19.2 Å². The van der Waals surface area contributed by atoms with Crippen molar-refractivity contribution < 1.29 is 13.9 Å². The number of fused-ring (bicyclic) bond motifs is 2. The minimum absolute atomic E-state index is 0.0650. The molecule has 0 bridgehead atoms. The van der Waals surface area contributed by atoms with E-state index >= 15 is 0 Å². The molecule has 9 nitrogen and oxygen atoms in total. The first-order valence-electron chi connectivity index (χ1n) is 10.2. The molecule has 4 aromatic rings. The Morgan fingerprint density at radius 3 is 2.84 bits per heavy atom. The largest absolute Gasteiger partial charge is 0.469 e. The number of imidazole rings is 2. The van der Waals surface area contributed by atoms with Gasteiger partial charge >= 0.3 is 11.7 Å². The molecule has 1 N–H and O–H groups in total. The molecule has 10 heteroatoms. The summed E-state index contributed by atoms with van der Waals surface area (Å²) >= 11 is 0. The molecule has 31 heavy (non-hydrogen) atoms. The van der Waals surface area contributed by atoms with E-state index in [4.69, 9.17) is 4.74 Å². The van der Waals surface area contributed by atoms with Crippen LogP contribution >= 0.6 is 0 Å². The lowest BCUT2D eigenvalue weighted by atomic mass is 9.82. The highest BCUT2D eigenvalue weighted by molar-refractivity contribution is 5.77. The van der Waals surface area contributed by atoms with Crippen LogP contribution in [0.1, 0.15) is 25.7 Å². The number of hydrogen-bond acceptors (Lipinski definition) is 6. The molecular weight excluding hydrogens is 403 g/mol. The Morgan fingerprint density at radius 2 is 2.06 bits per heavy atom. The molecule has 160 valence electrons. The van der Waals surface area contributed by atoms with Gasteiger partial charge in [0.15, 0.2) is 5.65 Å². The Bertz CT molecular complexity index is 1330. The smallest absolute Gasteiger partial charge is 0.327 e. The number of esters is 1. The van der Waals surface area contributed by atoms with Gasteiger partial charge in [-0.2, -0.15) is 4.98 Å². The molecular formula is C21H21FN6O3. The van der Waals surface area contributed by atoms with Crippen LogP contribution < -0.4 is 5.69 Å². The lowest BCUT2D eigenvalue weighted by molar-refractivity contribution is -0.146. The van der Waals surface area contributed by atoms with E-state index in [0.29, 0.717) is 34.7 Å². The molecule has 1 aromatic carbocycles. The van der Waals surface area contributed by atoms with Crippen LogP contribution in [0.2, 0.25) is 0 Å². The van der Waals surface area contributed by atoms with Crippen LogP contribution in [-0.4, -0.2) is 42.1 Å². The minimum atomic E-state index is -0.378. The Balaban J connectivity index is 1.46. The molecule has 0 radical (unpaired) electrons. The second kappa shape index (κ2) is 7.60. The molecule has 0 amide bonds. The van der Waals surface area contributed by atoms with Gasteiger partial charge in [0.1, 0.15) is 17.7 Å². The van der Waals surface area contributed by atoms with E-state index in [2.05, 4.69) is 19.9 Å². The normalized spacial score (nSPS) is 19.2. The second-order valence-corrected chi connectivity index (χ2v) is 7.94. The van der Waals surface area contributed by atoms with Crippen molar-refractivity contribution in [2.45, 2.75) is 32.2 Å². The lowest BCUT2D eigenvalue weighted by Crippen LogP contribution is -2.28. The molecule has 1 saturated carbocycles. The highest BCUT2D eigenvalue weighted by Crippen LogP contribution is 2.30. The Kier molecular flexibility index (Phi) is 4.76. The minimum Gasteiger partial charge on any atom is -0.469 e. The molecule has 0 spiro atoms. The maximum Gasteiger partial charge on any atom is 0.327 e. The fourth-order valence-corrected chi connectivity index (χ4v) is 4.37. The highest BCUT2D eigenvalue weighted by atomic mass is 19.1. The maximum absolute atomic E-state index is 13.7. The molecule has 1 aliphatic rings. The van der Waals surface area contributed by atoms with E-state index in [1.807, 2.05) is 0 Å². The van der Waals surface area contributed by atoms with E-state index in [9.17, 15) is 14.0 Å². The molecule has 1 fully saturated rings. The van der Waals surface area contributed by atoms with Crippen LogP contribution in [0.5, 0.6) is 0 Å². The van der Waals surface area contributed by atoms with Gasteiger partial charge in [0.25, 0.3) is 0 Å². The van der Waals surface area contributed by atoms with E-state index in [1.165, 1.54) is 25.6 Å². The van der Waals surface area contributed by atoms with Crippen molar-refractivity contribution in [3.8, 4) is 5.95 Å². The monoisotopic (exact) mass is 424 g/mol. The number of carbonyl (C=O) groups is 1. The van der Waals surface area contributed by atoms with E-state index in [-0.39, 0.29) is 29.3 Å². The summed E-state index contributed by atoms with van der Waals surface area (Å²) in [5.74, 6) is -0.0349. The molecule has 0 atom stereocenters. The zero-order valence-electron chi connectivity index (χ0n) is 16.9. The topological polar surface area (TPSA) is 108 Å². The number of aromatic amines is 1. The summed E-state index contributed by atoms with van der Waals surface area (Å²) in [7, 11) is 1.41. The van der Waals surface area contributed by atoms with Crippen molar-refractivity contribution in [2.75, 3.05) is 7.11 Å². The molecule has 0 saturated heterocycles. The number of H-pyrrole nitrogens is 1. The van der Waals surface area contributed by atoms with Crippen LogP contribution in [0.15, 0.2) is 35.5 Å². The van der Waals surface area contributed by atoms with Gasteiger partial charge in [-0.1, -0.05) is 0 Å². The van der Waals surface area contributed by atoms with Crippen LogP contribution in [0.3, 0.4) is 0 Å². The van der Waals surface area contributed by atoms with E-state index in [0.717, 1.165) is 25.7 Å². The van der Waals surface area contributed by atoms with Crippen molar-refractivity contribution >= 4 is 28.2 Å². The number of carbonyl (C=O) groups excluding carboxylic acids is 1. The fourth-order valence-electron chi connectivity index (χ4n) is 4.37. The predicted molar refractivity (Wildman–Crippen MR) is 110 cm³/mol. The van der Waals surface area contributed by atoms with Gasteiger partial charge in [-0.05, 0) is 43.7 Å². The number of halogens is 1. The number of nitrogens with zero attached hydrogens (tertiary/aromatic N) is 5. The van der Waals surface area contributed by atoms with Crippen LogP contribution in [0.25, 0.3) is 28.1 Å². The number of hydrogen-bond donors (Lipinski definition) is 1. The first kappa shape index (κ1) is 19.4. The number of rotatable bonds is 4. The number of benzene rings is 1. The van der Waals surface area contributed by atoms with Crippen molar-refractivity contribution in [3.63, 3.8) is 0 Å². The van der Waals surface area contributed by atoms with Crippen LogP contribution in [0.4, 0.5) is 4.39 Å². The highest BCUT2D eigenvalue weighted by Gasteiger charge is 2.28. The summed E-state index contributed by atoms with van der Waals surface area (Å²) in [5, 5.41) is 0. The molecule has 1 aliphatic carbocycles. The molecule has 3 aromatic heterocycles. The average Bonchev–Trinajstić information content (AvgIpc) is 3.33. The quantitative estimate of drug-likeness (QED) is 0.505. The molecule has 5 rings (SSSR count). The SMILES string of the molecule is COC(=O)C1CCC(Cn2c(=O)[nH]c3cnc(-n4cnc5ccc(F)cc54)nc32)CC1. The number of methoxy groups -OCH3 is 1. The number of nitrogens with one attached hydrogen (secondary N) is 1. The summed E-state index contributed by atoms with van der Waals surface area (Å²) in [6, 6.07) is 4.32. The van der Waals surface area contributed by atoms with Gasteiger partial charge in [0.2, 0.25) is 5.95 Å². The summed E-state index contributed by atoms with van der Waals surface area (Å²) < 4.78 is 21.8. The average molecular weight is 424 g/mol. The Hall–Kier alpha value is -3.56. The third-order valence-electron chi connectivity index (χ3n) is 6.05. The van der Waals surface area contributed by atoms with Gasteiger partial charge in [-0.3, -0.25) is 13.9 Å². The van der Waals surface area contributed by atoms with Crippen molar-refractivity contribution in [3.05, 3.63) is 47.0 Å². The van der Waals surface area contributed by atoms with Gasteiger partial charge in [0.05, 0.1) is 30.3 Å². The van der Waals surface area contributed by atoms with Gasteiger partial charge in [-0.15, -0.1) is 0 Å². The summed E-state index contributed by atoms with van der Waals surface area (Å²) in [5.41, 5.74) is 1.94. The van der Waals surface area contributed by atoms with Gasteiger partial charge < -0.3 is 9.72 Å². The summed E-state index contributed by atoms with van der Waals surface area (Å²) in [6.45, 7) is 0.502. The predicted octanol–water partition coefficient (Wildman–Crippen LogP) is 2.58. The Labute approximate surface area is 175 Å². The van der Waals surface area contributed by atoms with E-state index in [1.54, 1.807) is 21.4 Å². The summed E-state index contributed by atoms with van der Waals surface area (Å²) in [6.07, 6.45) is 6.26. The zero-order chi connectivity index (χ0) is 21.5. The number of ether oxygens (including phenoxy) is 1.